The molecule has 0 aliphatic carbocycles. The Morgan fingerprint density at radius 1 is 1.61 bits per heavy atom. The summed E-state index contributed by atoms with van der Waals surface area (Å²) in [6.45, 7) is 1.18. The molecule has 2 aromatic rings. The van der Waals surface area contributed by atoms with Crippen LogP contribution in [0.5, 0.6) is 0 Å². The van der Waals surface area contributed by atoms with Gasteiger partial charge < -0.3 is 15.2 Å². The maximum Gasteiger partial charge on any atom is 0.234 e. The summed E-state index contributed by atoms with van der Waals surface area (Å²) >= 11 is 1.45. The van der Waals surface area contributed by atoms with E-state index in [-0.39, 0.29) is 12.2 Å². The van der Waals surface area contributed by atoms with E-state index in [2.05, 4.69) is 15.3 Å². The molecule has 0 bridgehead atoms. The lowest BCUT2D eigenvalue weighted by Gasteiger charge is -2.08. The van der Waals surface area contributed by atoms with Crippen LogP contribution in [0, 0.1) is 0 Å². The lowest BCUT2D eigenvalue weighted by atomic mass is 10.2. The number of fused-ring (bicyclic) bond motifs is 1. The van der Waals surface area contributed by atoms with Crippen LogP contribution in [0.15, 0.2) is 0 Å². The van der Waals surface area contributed by atoms with Gasteiger partial charge in [0.1, 0.15) is 17.2 Å². The molecule has 1 fully saturated rings. The quantitative estimate of drug-likeness (QED) is 0.878. The Labute approximate surface area is 108 Å². The highest BCUT2D eigenvalue weighted by atomic mass is 32.1. The maximum atomic E-state index is 5.64. The average Bonchev–Trinajstić information content (AvgIpc) is 3.04. The summed E-state index contributed by atoms with van der Waals surface area (Å²) in [7, 11) is 1.63. The van der Waals surface area contributed by atoms with Crippen LogP contribution in [0.25, 0.3) is 4.96 Å². The first-order valence-electron chi connectivity index (χ1n) is 5.90. The van der Waals surface area contributed by atoms with Crippen molar-refractivity contribution in [2.75, 3.05) is 20.3 Å². The number of nitrogens with zero attached hydrogens (tertiary/aromatic N) is 4. The van der Waals surface area contributed by atoms with E-state index in [0.717, 1.165) is 35.2 Å². The van der Waals surface area contributed by atoms with Crippen molar-refractivity contribution < 1.29 is 9.47 Å². The van der Waals surface area contributed by atoms with Crippen LogP contribution in [-0.4, -0.2) is 40.1 Å². The lowest BCUT2D eigenvalue weighted by Crippen LogP contribution is -2.14. The van der Waals surface area contributed by atoms with Gasteiger partial charge in [-0.25, -0.2) is 0 Å². The molecule has 18 heavy (non-hydrogen) atoms. The second kappa shape index (κ2) is 4.88. The molecule has 0 spiro atoms. The third-order valence-electron chi connectivity index (χ3n) is 3.02. The highest BCUT2D eigenvalue weighted by Crippen LogP contribution is 2.29. The minimum absolute atomic E-state index is 0.00817. The summed E-state index contributed by atoms with van der Waals surface area (Å²) in [6.07, 6.45) is 1.85. The van der Waals surface area contributed by atoms with Gasteiger partial charge in [-0.3, -0.25) is 0 Å². The zero-order valence-electron chi connectivity index (χ0n) is 10.1. The Kier molecular flexibility index (Phi) is 3.25. The van der Waals surface area contributed by atoms with Crippen LogP contribution >= 0.6 is 11.3 Å². The first-order valence-corrected chi connectivity index (χ1v) is 6.71. The van der Waals surface area contributed by atoms with Crippen molar-refractivity contribution in [3.63, 3.8) is 0 Å². The maximum absolute atomic E-state index is 5.64. The largest absolute Gasteiger partial charge is 0.373 e. The number of rotatable bonds is 4. The zero-order chi connectivity index (χ0) is 12.5. The van der Waals surface area contributed by atoms with Crippen LogP contribution in [0.1, 0.15) is 35.9 Å². The van der Waals surface area contributed by atoms with Gasteiger partial charge in [0.25, 0.3) is 0 Å². The number of hydrogen-bond donors (Lipinski definition) is 1. The van der Waals surface area contributed by atoms with Crippen molar-refractivity contribution in [1.82, 2.24) is 19.8 Å². The summed E-state index contributed by atoms with van der Waals surface area (Å²) < 4.78 is 12.6. The van der Waals surface area contributed by atoms with Crippen LogP contribution in [0.2, 0.25) is 0 Å². The molecule has 0 aromatic carbocycles. The molecule has 3 heterocycles. The molecule has 98 valence electrons. The van der Waals surface area contributed by atoms with Crippen molar-refractivity contribution >= 4 is 16.3 Å². The van der Waals surface area contributed by atoms with Gasteiger partial charge in [0.2, 0.25) is 4.96 Å². The van der Waals surface area contributed by atoms with E-state index >= 15 is 0 Å². The fourth-order valence-electron chi connectivity index (χ4n) is 2.06. The molecule has 0 saturated carbocycles. The first-order chi connectivity index (χ1) is 8.83. The van der Waals surface area contributed by atoms with E-state index in [9.17, 15) is 0 Å². The van der Waals surface area contributed by atoms with Gasteiger partial charge in [0.05, 0.1) is 0 Å². The lowest BCUT2D eigenvalue weighted by molar-refractivity contribution is 0.101. The van der Waals surface area contributed by atoms with Crippen LogP contribution in [0.4, 0.5) is 0 Å². The highest BCUT2D eigenvalue weighted by Gasteiger charge is 2.26. The molecule has 8 heteroatoms. The number of hydrogen-bond acceptors (Lipinski definition) is 7. The van der Waals surface area contributed by atoms with Crippen molar-refractivity contribution in [2.24, 2.45) is 5.73 Å². The monoisotopic (exact) mass is 269 g/mol. The number of aromatic nitrogens is 4. The van der Waals surface area contributed by atoms with E-state index < -0.39 is 0 Å². The minimum Gasteiger partial charge on any atom is -0.373 e. The van der Waals surface area contributed by atoms with E-state index in [1.807, 2.05) is 0 Å². The molecule has 1 aliphatic rings. The normalized spacial score (nSPS) is 21.8. The number of nitrogens with two attached hydrogens (primary N) is 1. The van der Waals surface area contributed by atoms with E-state index in [0.29, 0.717) is 6.54 Å². The Balaban J connectivity index is 1.97. The molecule has 2 aromatic heterocycles. The van der Waals surface area contributed by atoms with Crippen molar-refractivity contribution in [3.05, 3.63) is 10.8 Å². The standard InChI is InChI=1S/C10H15N5O2S/c1-16-7(5-11)9-14-15-8(6-3-2-4-17-6)12-13-10(15)18-9/h6-7H,2-5,11H2,1H3. The van der Waals surface area contributed by atoms with Gasteiger partial charge in [-0.05, 0) is 12.8 Å². The molecule has 3 rings (SSSR count). The Morgan fingerprint density at radius 3 is 3.17 bits per heavy atom. The Hall–Kier alpha value is -1.09. The average molecular weight is 269 g/mol. The predicted molar refractivity (Wildman–Crippen MR) is 65.4 cm³/mol. The fourth-order valence-corrected chi connectivity index (χ4v) is 2.99. The summed E-state index contributed by atoms with van der Waals surface area (Å²) in [5.41, 5.74) is 5.64. The summed E-state index contributed by atoms with van der Waals surface area (Å²) in [4.78, 5) is 0.756. The van der Waals surface area contributed by atoms with Gasteiger partial charge in [-0.2, -0.15) is 9.61 Å². The summed E-state index contributed by atoms with van der Waals surface area (Å²) in [5.74, 6) is 0.775. The third kappa shape index (κ3) is 1.91. The smallest absolute Gasteiger partial charge is 0.234 e. The Morgan fingerprint density at radius 2 is 2.50 bits per heavy atom. The van der Waals surface area contributed by atoms with Crippen molar-refractivity contribution in [3.8, 4) is 0 Å². The second-order valence-electron chi connectivity index (χ2n) is 4.15. The topological polar surface area (TPSA) is 87.6 Å². The highest BCUT2D eigenvalue weighted by molar-refractivity contribution is 7.16. The van der Waals surface area contributed by atoms with Crippen LogP contribution in [-0.2, 0) is 9.47 Å². The SMILES string of the molecule is COC(CN)c1nn2c(C3CCCO3)nnc2s1. The molecular weight excluding hydrogens is 254 g/mol. The van der Waals surface area contributed by atoms with Gasteiger partial charge in [-0.15, -0.1) is 10.2 Å². The fraction of sp³-hybridized carbons (Fsp3) is 0.700. The van der Waals surface area contributed by atoms with E-state index in [1.54, 1.807) is 11.6 Å². The molecule has 2 unspecified atom stereocenters. The van der Waals surface area contributed by atoms with Gasteiger partial charge in [-0.1, -0.05) is 11.3 Å². The Bertz CT molecular complexity index is 529. The first kappa shape index (κ1) is 12.0. The van der Waals surface area contributed by atoms with Gasteiger partial charge in [0.15, 0.2) is 5.82 Å². The summed E-state index contributed by atoms with van der Waals surface area (Å²) in [6, 6.07) is 0. The zero-order valence-corrected chi connectivity index (χ0v) is 10.9. The number of ether oxygens (including phenoxy) is 2. The molecule has 0 radical (unpaired) electrons. The number of methoxy groups -OCH3 is 1. The van der Waals surface area contributed by atoms with Crippen molar-refractivity contribution in [2.45, 2.75) is 25.0 Å². The van der Waals surface area contributed by atoms with Gasteiger partial charge in [0, 0.05) is 20.3 Å². The van der Waals surface area contributed by atoms with Crippen LogP contribution < -0.4 is 5.73 Å². The molecule has 2 N–H and O–H groups in total. The van der Waals surface area contributed by atoms with E-state index in [4.69, 9.17) is 15.2 Å². The molecule has 0 amide bonds. The predicted octanol–water partition coefficient (Wildman–Crippen LogP) is 0.683. The molecule has 1 saturated heterocycles. The van der Waals surface area contributed by atoms with E-state index in [1.165, 1.54) is 11.3 Å². The molecule has 1 aliphatic heterocycles. The molecular formula is C10H15N5O2S. The minimum atomic E-state index is -0.186. The van der Waals surface area contributed by atoms with Crippen LogP contribution in [0.3, 0.4) is 0 Å². The molecule has 2 atom stereocenters. The van der Waals surface area contributed by atoms with Crippen molar-refractivity contribution in [1.29, 1.82) is 0 Å². The second-order valence-corrected chi connectivity index (χ2v) is 5.14. The van der Waals surface area contributed by atoms with Gasteiger partial charge >= 0.3 is 0 Å². The molecule has 7 nitrogen and oxygen atoms in total. The summed E-state index contributed by atoms with van der Waals surface area (Å²) in [5, 5.41) is 13.6. The third-order valence-corrected chi connectivity index (χ3v) is 4.01.